The van der Waals surface area contributed by atoms with E-state index in [1.54, 1.807) is 30.3 Å². The van der Waals surface area contributed by atoms with Gasteiger partial charge >= 0.3 is 0 Å². The van der Waals surface area contributed by atoms with Crippen molar-refractivity contribution in [3.05, 3.63) is 99.5 Å². The van der Waals surface area contributed by atoms with E-state index in [0.29, 0.717) is 34.3 Å². The smallest absolute Gasteiger partial charge is 0.244 e. The van der Waals surface area contributed by atoms with Crippen molar-refractivity contribution < 1.29 is 18.0 Å². The lowest BCUT2D eigenvalue weighted by Crippen LogP contribution is -2.53. The van der Waals surface area contributed by atoms with Crippen LogP contribution in [0.15, 0.2) is 72.8 Å². The number of amides is 2. The van der Waals surface area contributed by atoms with Crippen molar-refractivity contribution in [3.63, 3.8) is 0 Å². The molecule has 3 rings (SSSR count). The SMILES string of the molecule is CCCNC(=O)[C@H](Cc1ccccc1)N(Cc1c(Cl)cccc1Cl)C(=O)CN(c1ccccc1C(C)C)S(C)(=O)=O. The van der Waals surface area contributed by atoms with Crippen molar-refractivity contribution in [2.75, 3.05) is 23.7 Å². The molecule has 2 amide bonds. The summed E-state index contributed by atoms with van der Waals surface area (Å²) in [4.78, 5) is 29.2. The van der Waals surface area contributed by atoms with E-state index in [2.05, 4.69) is 5.32 Å². The number of nitrogens with zero attached hydrogens (tertiary/aromatic N) is 2. The lowest BCUT2D eigenvalue weighted by Gasteiger charge is -2.34. The Morgan fingerprint density at radius 1 is 0.902 bits per heavy atom. The first-order chi connectivity index (χ1) is 19.4. The third-order valence-electron chi connectivity index (χ3n) is 6.72. The number of benzene rings is 3. The molecule has 0 radical (unpaired) electrons. The van der Waals surface area contributed by atoms with Gasteiger partial charge < -0.3 is 10.2 Å². The number of halogens is 2. The molecule has 3 aromatic carbocycles. The fourth-order valence-electron chi connectivity index (χ4n) is 4.57. The lowest BCUT2D eigenvalue weighted by atomic mass is 10.0. The summed E-state index contributed by atoms with van der Waals surface area (Å²) >= 11 is 13.0. The second-order valence-corrected chi connectivity index (χ2v) is 12.9. The first kappa shape index (κ1) is 32.4. The summed E-state index contributed by atoms with van der Waals surface area (Å²) in [5.74, 6) is -0.896. The molecule has 0 saturated heterocycles. The van der Waals surface area contributed by atoms with E-state index in [1.807, 2.05) is 63.2 Å². The number of hydrogen-bond acceptors (Lipinski definition) is 4. The second kappa shape index (κ2) is 14.7. The molecular weight excluding hydrogens is 581 g/mol. The number of para-hydroxylation sites is 1. The van der Waals surface area contributed by atoms with Gasteiger partial charge in [-0.2, -0.15) is 0 Å². The summed E-state index contributed by atoms with van der Waals surface area (Å²) < 4.78 is 27.3. The molecule has 0 aliphatic heterocycles. The van der Waals surface area contributed by atoms with Crippen LogP contribution in [0.5, 0.6) is 0 Å². The summed E-state index contributed by atoms with van der Waals surface area (Å²) in [5.41, 5.74) is 2.52. The number of rotatable bonds is 13. The van der Waals surface area contributed by atoms with Crippen molar-refractivity contribution in [1.29, 1.82) is 0 Å². The van der Waals surface area contributed by atoms with E-state index in [1.165, 1.54) is 4.90 Å². The average Bonchev–Trinajstić information content (AvgIpc) is 2.93. The minimum atomic E-state index is -3.88. The largest absolute Gasteiger partial charge is 0.354 e. The standard InChI is InChI=1S/C31H37Cl2N3O4S/c1-5-18-34-31(38)29(19-23-12-7-6-8-13-23)35(20-25-26(32)15-11-16-27(25)33)30(37)21-36(41(4,39)40)28-17-10-9-14-24(28)22(2)3/h6-17,22,29H,5,18-21H2,1-4H3,(H,34,38)/t29-/m0/s1. The Bertz CT molecular complexity index is 1430. The van der Waals surface area contributed by atoms with E-state index in [-0.39, 0.29) is 24.8 Å². The molecule has 7 nitrogen and oxygen atoms in total. The minimum absolute atomic E-state index is 0.00855. The van der Waals surface area contributed by atoms with Crippen molar-refractivity contribution in [1.82, 2.24) is 10.2 Å². The van der Waals surface area contributed by atoms with Gasteiger partial charge in [0.15, 0.2) is 0 Å². The van der Waals surface area contributed by atoms with E-state index in [0.717, 1.165) is 21.7 Å². The van der Waals surface area contributed by atoms with E-state index >= 15 is 0 Å². The number of carbonyl (C=O) groups excluding carboxylic acids is 2. The van der Waals surface area contributed by atoms with Crippen LogP contribution in [-0.4, -0.2) is 50.5 Å². The molecule has 0 saturated carbocycles. The molecule has 41 heavy (non-hydrogen) atoms. The minimum Gasteiger partial charge on any atom is -0.354 e. The van der Waals surface area contributed by atoms with Crippen molar-refractivity contribution >= 4 is 50.7 Å². The van der Waals surface area contributed by atoms with Gasteiger partial charge in [-0.15, -0.1) is 0 Å². The normalized spacial score (nSPS) is 12.2. The fraction of sp³-hybridized carbons (Fsp3) is 0.355. The Hall–Kier alpha value is -3.07. The maximum Gasteiger partial charge on any atom is 0.244 e. The number of sulfonamides is 1. The predicted octanol–water partition coefficient (Wildman–Crippen LogP) is 6.05. The highest BCUT2D eigenvalue weighted by Gasteiger charge is 2.34. The fourth-order valence-corrected chi connectivity index (χ4v) is 5.96. The molecule has 1 atom stereocenters. The molecule has 220 valence electrons. The van der Waals surface area contributed by atoms with Gasteiger partial charge in [0.2, 0.25) is 21.8 Å². The van der Waals surface area contributed by atoms with Crippen molar-refractivity contribution in [2.24, 2.45) is 0 Å². The van der Waals surface area contributed by atoms with Crippen LogP contribution < -0.4 is 9.62 Å². The Kier molecular flexibility index (Phi) is 11.6. The van der Waals surface area contributed by atoms with Crippen LogP contribution >= 0.6 is 23.2 Å². The molecule has 0 bridgehead atoms. The second-order valence-electron chi connectivity index (χ2n) is 10.2. The van der Waals surface area contributed by atoms with Gasteiger partial charge in [-0.05, 0) is 41.7 Å². The van der Waals surface area contributed by atoms with Crippen LogP contribution in [0.4, 0.5) is 5.69 Å². The first-order valence-corrected chi connectivity index (χ1v) is 16.1. The van der Waals surface area contributed by atoms with Crippen molar-refractivity contribution in [2.45, 2.75) is 52.1 Å². The number of nitrogens with one attached hydrogen (secondary N) is 1. The van der Waals surface area contributed by atoms with Crippen LogP contribution in [0.1, 0.15) is 49.8 Å². The zero-order valence-electron chi connectivity index (χ0n) is 23.8. The van der Waals surface area contributed by atoms with Crippen LogP contribution in [-0.2, 0) is 32.6 Å². The molecule has 0 aliphatic rings. The van der Waals surface area contributed by atoms with E-state index in [9.17, 15) is 18.0 Å². The van der Waals surface area contributed by atoms with Crippen LogP contribution in [0.3, 0.4) is 0 Å². The molecule has 3 aromatic rings. The molecule has 0 heterocycles. The number of anilines is 1. The summed E-state index contributed by atoms with van der Waals surface area (Å²) in [6.07, 6.45) is 2.00. The molecule has 0 unspecified atom stereocenters. The van der Waals surface area contributed by atoms with Gasteiger partial charge in [-0.3, -0.25) is 13.9 Å². The maximum atomic E-state index is 14.2. The number of hydrogen-bond donors (Lipinski definition) is 1. The summed E-state index contributed by atoms with van der Waals surface area (Å²) in [6.45, 7) is 5.70. The highest BCUT2D eigenvalue weighted by atomic mass is 35.5. The maximum absolute atomic E-state index is 14.2. The van der Waals surface area contributed by atoms with Gasteiger partial charge in [0, 0.05) is 35.1 Å². The van der Waals surface area contributed by atoms with Crippen LogP contribution in [0.2, 0.25) is 10.0 Å². The Morgan fingerprint density at radius 3 is 2.10 bits per heavy atom. The van der Waals surface area contributed by atoms with Crippen LogP contribution in [0, 0.1) is 0 Å². The third-order valence-corrected chi connectivity index (χ3v) is 8.55. The summed E-state index contributed by atoms with van der Waals surface area (Å²) in [7, 11) is -3.88. The third kappa shape index (κ3) is 8.71. The Labute approximate surface area is 253 Å². The van der Waals surface area contributed by atoms with E-state index < -0.39 is 28.5 Å². The summed E-state index contributed by atoms with van der Waals surface area (Å²) in [6, 6.07) is 20.5. The van der Waals surface area contributed by atoms with Crippen molar-refractivity contribution in [3.8, 4) is 0 Å². The molecule has 0 spiro atoms. The van der Waals surface area contributed by atoms with Gasteiger partial charge in [-0.1, -0.05) is 98.6 Å². The lowest BCUT2D eigenvalue weighted by molar-refractivity contribution is -0.140. The first-order valence-electron chi connectivity index (χ1n) is 13.5. The monoisotopic (exact) mass is 617 g/mol. The highest BCUT2D eigenvalue weighted by molar-refractivity contribution is 7.92. The highest BCUT2D eigenvalue weighted by Crippen LogP contribution is 2.31. The number of carbonyl (C=O) groups is 2. The molecule has 0 aromatic heterocycles. The van der Waals surface area contributed by atoms with Gasteiger partial charge in [0.1, 0.15) is 12.6 Å². The van der Waals surface area contributed by atoms with Gasteiger partial charge in [0.25, 0.3) is 0 Å². The molecule has 10 heteroatoms. The van der Waals surface area contributed by atoms with E-state index in [4.69, 9.17) is 23.2 Å². The topological polar surface area (TPSA) is 86.8 Å². The molecule has 0 fully saturated rings. The quantitative estimate of drug-likeness (QED) is 0.253. The Morgan fingerprint density at radius 2 is 1.51 bits per heavy atom. The molecular formula is C31H37Cl2N3O4S. The average molecular weight is 619 g/mol. The zero-order valence-corrected chi connectivity index (χ0v) is 26.1. The molecule has 0 aliphatic carbocycles. The molecule has 1 N–H and O–H groups in total. The van der Waals surface area contributed by atoms with Gasteiger partial charge in [0.05, 0.1) is 11.9 Å². The zero-order chi connectivity index (χ0) is 30.2. The Balaban J connectivity index is 2.13. The van der Waals surface area contributed by atoms with Crippen LogP contribution in [0.25, 0.3) is 0 Å². The predicted molar refractivity (Wildman–Crippen MR) is 167 cm³/mol. The summed E-state index contributed by atoms with van der Waals surface area (Å²) in [5, 5.41) is 3.59. The van der Waals surface area contributed by atoms with Gasteiger partial charge in [-0.25, -0.2) is 8.42 Å².